The largest absolute Gasteiger partial charge is 0.401 e. The molecule has 5 aromatic rings. The predicted octanol–water partition coefficient (Wildman–Crippen LogP) is 5.66. The molecule has 0 aliphatic heterocycles. The molecular weight excluding hydrogens is 479 g/mol. The quantitative estimate of drug-likeness (QED) is 0.300. The highest BCUT2D eigenvalue weighted by atomic mass is 79.9. The van der Waals surface area contributed by atoms with Gasteiger partial charge in [-0.15, -0.1) is 0 Å². The van der Waals surface area contributed by atoms with Crippen LogP contribution in [0.25, 0.3) is 39.1 Å². The lowest BCUT2D eigenvalue weighted by Gasteiger charge is -2.08. The van der Waals surface area contributed by atoms with E-state index in [4.69, 9.17) is 27.6 Å². The van der Waals surface area contributed by atoms with E-state index in [-0.39, 0.29) is 5.89 Å². The topological polar surface area (TPSA) is 73.8 Å². The van der Waals surface area contributed by atoms with Crippen molar-refractivity contribution in [2.45, 2.75) is 0 Å². The van der Waals surface area contributed by atoms with Gasteiger partial charge in [-0.3, -0.25) is 0 Å². The molecule has 0 amide bonds. The van der Waals surface area contributed by atoms with Crippen LogP contribution in [0.15, 0.2) is 68.5 Å². The summed E-state index contributed by atoms with van der Waals surface area (Å²) < 4.78 is 7.48. The zero-order valence-corrected chi connectivity index (χ0v) is 17.5. The Morgan fingerprint density at radius 1 is 1.03 bits per heavy atom. The minimum Gasteiger partial charge on any atom is -0.401 e. The Morgan fingerprint density at radius 2 is 1.86 bits per heavy atom. The van der Waals surface area contributed by atoms with Gasteiger partial charge in [0, 0.05) is 17.6 Å². The van der Waals surface area contributed by atoms with Gasteiger partial charge >= 0.3 is 5.63 Å². The Kier molecular flexibility index (Phi) is 4.38. The first-order valence-corrected chi connectivity index (χ1v) is 9.97. The molecule has 6 nitrogen and oxygen atoms in total. The zero-order valence-electron chi connectivity index (χ0n) is 14.4. The van der Waals surface area contributed by atoms with Gasteiger partial charge in [0.15, 0.2) is 5.82 Å². The molecule has 0 unspecified atom stereocenters. The standard InChI is InChI=1S/C20H9BrCl2N4O2/c21-15-9-14(27(26-15)18-13(22)6-3-7-24-18)19-25-17-12(20(28)29-19)8-10-4-1-2-5-11(10)16(17)23/h1-9H. The number of hydrogen-bond donors (Lipinski definition) is 0. The Hall–Kier alpha value is -2.74. The molecule has 0 aliphatic carbocycles. The lowest BCUT2D eigenvalue weighted by Crippen LogP contribution is -2.07. The van der Waals surface area contributed by atoms with Crippen molar-refractivity contribution in [3.05, 3.63) is 79.8 Å². The lowest BCUT2D eigenvalue weighted by molar-refractivity contribution is 0.513. The third kappa shape index (κ3) is 3.02. The van der Waals surface area contributed by atoms with Crippen LogP contribution in [0.3, 0.4) is 0 Å². The summed E-state index contributed by atoms with van der Waals surface area (Å²) in [6.07, 6.45) is 1.59. The van der Waals surface area contributed by atoms with E-state index in [0.29, 0.717) is 37.1 Å². The summed E-state index contributed by atoms with van der Waals surface area (Å²) in [7, 11) is 0. The molecule has 0 N–H and O–H groups in total. The lowest BCUT2D eigenvalue weighted by atomic mass is 10.1. The van der Waals surface area contributed by atoms with Crippen LogP contribution in [-0.2, 0) is 0 Å². The van der Waals surface area contributed by atoms with Crippen molar-refractivity contribution in [2.75, 3.05) is 0 Å². The van der Waals surface area contributed by atoms with Gasteiger partial charge in [0.05, 0.1) is 15.4 Å². The van der Waals surface area contributed by atoms with Crippen molar-refractivity contribution in [1.29, 1.82) is 0 Å². The maximum absolute atomic E-state index is 12.7. The smallest absolute Gasteiger partial charge is 0.347 e. The summed E-state index contributed by atoms with van der Waals surface area (Å²) in [5.74, 6) is 0.434. The molecule has 0 atom stereocenters. The Morgan fingerprint density at radius 3 is 2.69 bits per heavy atom. The molecule has 0 aliphatic rings. The molecule has 5 rings (SSSR count). The van der Waals surface area contributed by atoms with E-state index in [1.165, 1.54) is 4.68 Å². The monoisotopic (exact) mass is 486 g/mol. The highest BCUT2D eigenvalue weighted by Gasteiger charge is 2.20. The van der Waals surface area contributed by atoms with Gasteiger partial charge in [0.2, 0.25) is 5.89 Å². The van der Waals surface area contributed by atoms with Crippen molar-refractivity contribution in [3.8, 4) is 17.4 Å². The molecule has 2 aromatic carbocycles. The van der Waals surface area contributed by atoms with Crippen LogP contribution < -0.4 is 5.63 Å². The maximum atomic E-state index is 12.7. The fraction of sp³-hybridized carbons (Fsp3) is 0. The normalized spacial score (nSPS) is 11.4. The highest BCUT2D eigenvalue weighted by molar-refractivity contribution is 9.10. The van der Waals surface area contributed by atoms with E-state index in [9.17, 15) is 4.79 Å². The summed E-state index contributed by atoms with van der Waals surface area (Å²) in [5, 5.41) is 7.06. The average Bonchev–Trinajstić information content (AvgIpc) is 3.11. The van der Waals surface area contributed by atoms with Crippen molar-refractivity contribution in [2.24, 2.45) is 0 Å². The zero-order chi connectivity index (χ0) is 20.1. The van der Waals surface area contributed by atoms with E-state index < -0.39 is 5.63 Å². The van der Waals surface area contributed by atoms with Crippen molar-refractivity contribution in [1.82, 2.24) is 19.7 Å². The van der Waals surface area contributed by atoms with E-state index in [0.717, 1.165) is 10.8 Å². The predicted molar refractivity (Wildman–Crippen MR) is 116 cm³/mol. The van der Waals surface area contributed by atoms with Crippen LogP contribution in [-0.4, -0.2) is 19.7 Å². The molecule has 3 aromatic heterocycles. The average molecular weight is 488 g/mol. The van der Waals surface area contributed by atoms with Gasteiger partial charge in [-0.1, -0.05) is 47.5 Å². The van der Waals surface area contributed by atoms with Crippen LogP contribution in [0.2, 0.25) is 10.0 Å². The number of pyridine rings is 1. The van der Waals surface area contributed by atoms with Gasteiger partial charge in [-0.25, -0.2) is 19.4 Å². The Bertz CT molecular complexity index is 1480. The first-order chi connectivity index (χ1) is 14.0. The minimum absolute atomic E-state index is 0.0552. The number of benzene rings is 2. The molecule has 0 fully saturated rings. The van der Waals surface area contributed by atoms with Gasteiger partial charge < -0.3 is 4.42 Å². The number of hydrogen-bond acceptors (Lipinski definition) is 5. The molecule has 142 valence electrons. The van der Waals surface area contributed by atoms with Crippen LogP contribution in [0, 0.1) is 0 Å². The number of fused-ring (bicyclic) bond motifs is 2. The highest BCUT2D eigenvalue weighted by Crippen LogP contribution is 2.32. The number of rotatable bonds is 2. The fourth-order valence-corrected chi connectivity index (χ4v) is 4.03. The van der Waals surface area contributed by atoms with E-state index in [2.05, 4.69) is 31.0 Å². The molecule has 29 heavy (non-hydrogen) atoms. The van der Waals surface area contributed by atoms with Crippen LogP contribution in [0.5, 0.6) is 0 Å². The van der Waals surface area contributed by atoms with Gasteiger partial charge in [0.1, 0.15) is 15.8 Å². The number of halogens is 3. The summed E-state index contributed by atoms with van der Waals surface area (Å²) >= 11 is 16.2. The number of nitrogens with zero attached hydrogens (tertiary/aromatic N) is 4. The fourth-order valence-electron chi connectivity index (χ4n) is 3.13. The van der Waals surface area contributed by atoms with E-state index in [1.807, 2.05) is 24.3 Å². The van der Waals surface area contributed by atoms with Crippen LogP contribution in [0.4, 0.5) is 0 Å². The summed E-state index contributed by atoms with van der Waals surface area (Å²) in [5.41, 5.74) is 0.210. The minimum atomic E-state index is -0.548. The first kappa shape index (κ1) is 18.3. The third-order valence-electron chi connectivity index (χ3n) is 4.42. The number of aromatic nitrogens is 4. The second-order valence-corrected chi connectivity index (χ2v) is 7.78. The molecule has 0 bridgehead atoms. The van der Waals surface area contributed by atoms with Gasteiger partial charge in [-0.2, -0.15) is 5.10 Å². The second kappa shape index (κ2) is 6.95. The summed E-state index contributed by atoms with van der Waals surface area (Å²) in [4.78, 5) is 21.5. The first-order valence-electron chi connectivity index (χ1n) is 8.42. The van der Waals surface area contributed by atoms with Crippen molar-refractivity contribution in [3.63, 3.8) is 0 Å². The van der Waals surface area contributed by atoms with E-state index in [1.54, 1.807) is 30.5 Å². The SMILES string of the molecule is O=c1oc(-c2cc(Br)nn2-c2ncccc2Cl)nc2c(Cl)c3ccccc3cc12. The molecule has 0 spiro atoms. The third-order valence-corrected chi connectivity index (χ3v) is 5.49. The summed E-state index contributed by atoms with van der Waals surface area (Å²) in [6.45, 7) is 0. The van der Waals surface area contributed by atoms with E-state index >= 15 is 0 Å². The Balaban J connectivity index is 1.81. The second-order valence-electron chi connectivity index (χ2n) is 6.19. The van der Waals surface area contributed by atoms with Crippen molar-refractivity contribution < 1.29 is 4.42 Å². The summed E-state index contributed by atoms with van der Waals surface area (Å²) in [6, 6.07) is 14.3. The van der Waals surface area contributed by atoms with Gasteiger partial charge in [0.25, 0.3) is 0 Å². The molecule has 9 heteroatoms. The molecule has 3 heterocycles. The van der Waals surface area contributed by atoms with Crippen LogP contribution in [0.1, 0.15) is 0 Å². The van der Waals surface area contributed by atoms with Gasteiger partial charge in [-0.05, 0) is 39.5 Å². The molecule has 0 saturated carbocycles. The van der Waals surface area contributed by atoms with Crippen molar-refractivity contribution >= 4 is 60.8 Å². The molecule has 0 saturated heterocycles. The molecule has 0 radical (unpaired) electrons. The van der Waals surface area contributed by atoms with Crippen LogP contribution >= 0.6 is 39.1 Å². The Labute approximate surface area is 181 Å². The maximum Gasteiger partial charge on any atom is 0.347 e. The molecular formula is C20H9BrCl2N4O2.